The summed E-state index contributed by atoms with van der Waals surface area (Å²) in [5.74, 6) is 2.50. The van der Waals surface area contributed by atoms with Crippen molar-refractivity contribution in [2.45, 2.75) is 13.0 Å². The van der Waals surface area contributed by atoms with Crippen LogP contribution in [0.4, 0.5) is 0 Å². The molecule has 0 aliphatic heterocycles. The summed E-state index contributed by atoms with van der Waals surface area (Å²) in [4.78, 5) is 4.36. The first-order valence-electron chi connectivity index (χ1n) is 8.90. The molecular formula is C20H24N6O2. The Morgan fingerprint density at radius 1 is 1.11 bits per heavy atom. The summed E-state index contributed by atoms with van der Waals surface area (Å²) in [6.45, 7) is 0.986. The van der Waals surface area contributed by atoms with Crippen LogP contribution in [-0.4, -0.2) is 41.5 Å². The number of ether oxygens (including phenoxy) is 2. The van der Waals surface area contributed by atoms with E-state index in [1.807, 2.05) is 53.1 Å². The van der Waals surface area contributed by atoms with Crippen LogP contribution >= 0.6 is 0 Å². The van der Waals surface area contributed by atoms with Gasteiger partial charge in [0.25, 0.3) is 0 Å². The van der Waals surface area contributed by atoms with E-state index >= 15 is 0 Å². The van der Waals surface area contributed by atoms with Crippen LogP contribution in [-0.2, 0) is 13.0 Å². The summed E-state index contributed by atoms with van der Waals surface area (Å²) >= 11 is 0. The Hall–Kier alpha value is -3.55. The molecule has 0 aliphatic carbocycles. The summed E-state index contributed by atoms with van der Waals surface area (Å²) in [5, 5.41) is 11.2. The molecule has 0 amide bonds. The van der Waals surface area contributed by atoms with Crippen LogP contribution < -0.4 is 20.5 Å². The highest BCUT2D eigenvalue weighted by Crippen LogP contribution is 2.27. The van der Waals surface area contributed by atoms with Crippen LogP contribution in [0, 0.1) is 0 Å². The van der Waals surface area contributed by atoms with E-state index in [2.05, 4.69) is 20.5 Å². The van der Waals surface area contributed by atoms with E-state index in [1.54, 1.807) is 20.5 Å². The summed E-state index contributed by atoms with van der Waals surface area (Å²) in [6.07, 6.45) is 2.44. The number of para-hydroxylation sites is 1. The molecule has 0 aliphatic rings. The lowest BCUT2D eigenvalue weighted by Crippen LogP contribution is -2.33. The fraction of sp³-hybridized carbons (Fsp3) is 0.250. The first-order chi connectivity index (χ1) is 13.7. The number of nitrogens with one attached hydrogen (secondary N) is 1. The SMILES string of the molecule is COc1ccc(CCNC(N)=NCc2nncn2-c2ccccc2)cc1OC. The van der Waals surface area contributed by atoms with Gasteiger partial charge in [0.2, 0.25) is 0 Å². The lowest BCUT2D eigenvalue weighted by Gasteiger charge is -2.10. The van der Waals surface area contributed by atoms with E-state index in [9.17, 15) is 0 Å². The molecule has 146 valence electrons. The van der Waals surface area contributed by atoms with Gasteiger partial charge in [-0.15, -0.1) is 10.2 Å². The summed E-state index contributed by atoms with van der Waals surface area (Å²) in [7, 11) is 3.24. The lowest BCUT2D eigenvalue weighted by atomic mass is 10.1. The van der Waals surface area contributed by atoms with Crippen LogP contribution in [0.15, 0.2) is 59.9 Å². The highest BCUT2D eigenvalue weighted by molar-refractivity contribution is 5.77. The predicted octanol–water partition coefficient (Wildman–Crippen LogP) is 1.93. The summed E-state index contributed by atoms with van der Waals surface area (Å²) in [6, 6.07) is 15.7. The molecule has 0 atom stereocenters. The van der Waals surface area contributed by atoms with Gasteiger partial charge in [-0.1, -0.05) is 24.3 Å². The third-order valence-corrected chi connectivity index (χ3v) is 4.21. The van der Waals surface area contributed by atoms with Crippen LogP contribution in [0.25, 0.3) is 5.69 Å². The zero-order chi connectivity index (χ0) is 19.8. The molecule has 0 radical (unpaired) electrons. The monoisotopic (exact) mass is 380 g/mol. The van der Waals surface area contributed by atoms with E-state index < -0.39 is 0 Å². The number of guanidine groups is 1. The van der Waals surface area contributed by atoms with Gasteiger partial charge in [0.15, 0.2) is 23.3 Å². The van der Waals surface area contributed by atoms with Crippen molar-refractivity contribution in [3.63, 3.8) is 0 Å². The smallest absolute Gasteiger partial charge is 0.189 e. The highest BCUT2D eigenvalue weighted by atomic mass is 16.5. The molecule has 0 bridgehead atoms. The number of rotatable bonds is 8. The van der Waals surface area contributed by atoms with Crippen LogP contribution in [0.3, 0.4) is 0 Å². The molecule has 28 heavy (non-hydrogen) atoms. The first kappa shape index (κ1) is 19.2. The second kappa shape index (κ2) is 9.40. The highest BCUT2D eigenvalue weighted by Gasteiger charge is 2.06. The number of nitrogens with zero attached hydrogens (tertiary/aromatic N) is 4. The second-order valence-electron chi connectivity index (χ2n) is 6.02. The molecular weight excluding hydrogens is 356 g/mol. The average Bonchev–Trinajstić information content (AvgIpc) is 3.21. The zero-order valence-electron chi connectivity index (χ0n) is 16.0. The molecule has 0 fully saturated rings. The Morgan fingerprint density at radius 2 is 1.89 bits per heavy atom. The van der Waals surface area contributed by atoms with Crippen LogP contribution in [0.5, 0.6) is 11.5 Å². The number of aromatic nitrogens is 3. The molecule has 3 rings (SSSR count). The fourth-order valence-electron chi connectivity index (χ4n) is 2.75. The average molecular weight is 380 g/mol. The van der Waals surface area contributed by atoms with Crippen molar-refractivity contribution in [2.75, 3.05) is 20.8 Å². The van der Waals surface area contributed by atoms with Crippen molar-refractivity contribution in [3.8, 4) is 17.2 Å². The minimum atomic E-state index is 0.337. The number of methoxy groups -OCH3 is 2. The Labute approximate surface area is 164 Å². The van der Waals surface area contributed by atoms with Gasteiger partial charge in [-0.2, -0.15) is 0 Å². The Morgan fingerprint density at radius 3 is 2.64 bits per heavy atom. The molecule has 1 aromatic heterocycles. The number of nitrogens with two attached hydrogens (primary N) is 1. The van der Waals surface area contributed by atoms with E-state index in [-0.39, 0.29) is 0 Å². The molecule has 1 heterocycles. The lowest BCUT2D eigenvalue weighted by molar-refractivity contribution is 0.354. The Kier molecular flexibility index (Phi) is 6.46. The minimum absolute atomic E-state index is 0.337. The van der Waals surface area contributed by atoms with Gasteiger partial charge in [-0.3, -0.25) is 4.57 Å². The molecule has 0 spiro atoms. The number of aliphatic imine (C=N–C) groups is 1. The summed E-state index contributed by atoms with van der Waals surface area (Å²) in [5.41, 5.74) is 8.08. The maximum Gasteiger partial charge on any atom is 0.189 e. The van der Waals surface area contributed by atoms with Crippen LogP contribution in [0.2, 0.25) is 0 Å². The quantitative estimate of drug-likeness (QED) is 0.458. The van der Waals surface area contributed by atoms with Gasteiger partial charge in [0, 0.05) is 12.2 Å². The number of hydrogen-bond acceptors (Lipinski definition) is 5. The second-order valence-corrected chi connectivity index (χ2v) is 6.02. The van der Waals surface area contributed by atoms with E-state index in [0.717, 1.165) is 23.5 Å². The molecule has 3 N–H and O–H groups in total. The largest absolute Gasteiger partial charge is 0.493 e. The molecule has 8 nitrogen and oxygen atoms in total. The van der Waals surface area contributed by atoms with E-state index in [1.165, 1.54) is 0 Å². The number of benzene rings is 2. The van der Waals surface area contributed by atoms with Crippen molar-refractivity contribution in [2.24, 2.45) is 10.7 Å². The standard InChI is InChI=1S/C20H24N6O2/c1-27-17-9-8-15(12-18(17)28-2)10-11-22-20(21)23-13-19-25-24-14-26(19)16-6-4-3-5-7-16/h3-9,12,14H,10-11,13H2,1-2H3,(H3,21,22,23). The normalized spacial score (nSPS) is 11.3. The zero-order valence-corrected chi connectivity index (χ0v) is 16.0. The van der Waals surface area contributed by atoms with Gasteiger partial charge >= 0.3 is 0 Å². The minimum Gasteiger partial charge on any atom is -0.493 e. The van der Waals surface area contributed by atoms with Gasteiger partial charge in [-0.25, -0.2) is 4.99 Å². The molecule has 0 unspecified atom stereocenters. The maximum atomic E-state index is 5.98. The Balaban J connectivity index is 1.54. The fourth-order valence-corrected chi connectivity index (χ4v) is 2.75. The topological polar surface area (TPSA) is 99.6 Å². The van der Waals surface area contributed by atoms with E-state index in [0.29, 0.717) is 30.5 Å². The maximum absolute atomic E-state index is 5.98. The van der Waals surface area contributed by atoms with Gasteiger partial charge < -0.3 is 20.5 Å². The predicted molar refractivity (Wildman–Crippen MR) is 108 cm³/mol. The molecule has 3 aromatic rings. The van der Waals surface area contributed by atoms with E-state index in [4.69, 9.17) is 15.2 Å². The van der Waals surface area contributed by atoms with Crippen molar-refractivity contribution in [3.05, 3.63) is 66.2 Å². The van der Waals surface area contributed by atoms with Crippen molar-refractivity contribution in [1.29, 1.82) is 0 Å². The summed E-state index contributed by atoms with van der Waals surface area (Å²) < 4.78 is 12.5. The molecule has 0 saturated carbocycles. The van der Waals surface area contributed by atoms with Gasteiger partial charge in [0.1, 0.15) is 12.9 Å². The molecule has 0 saturated heterocycles. The van der Waals surface area contributed by atoms with Crippen molar-refractivity contribution < 1.29 is 9.47 Å². The molecule has 2 aromatic carbocycles. The first-order valence-corrected chi connectivity index (χ1v) is 8.90. The van der Waals surface area contributed by atoms with Gasteiger partial charge in [0.05, 0.1) is 14.2 Å². The number of hydrogen-bond donors (Lipinski definition) is 2. The van der Waals surface area contributed by atoms with Crippen LogP contribution in [0.1, 0.15) is 11.4 Å². The third-order valence-electron chi connectivity index (χ3n) is 4.21. The molecule has 8 heteroatoms. The third kappa shape index (κ3) is 4.79. The van der Waals surface area contributed by atoms with Crippen molar-refractivity contribution in [1.82, 2.24) is 20.1 Å². The Bertz CT molecular complexity index is 923. The van der Waals surface area contributed by atoms with Gasteiger partial charge in [-0.05, 0) is 36.2 Å². The van der Waals surface area contributed by atoms with Crippen molar-refractivity contribution >= 4 is 5.96 Å².